The molecule has 0 aliphatic carbocycles. The zero-order chi connectivity index (χ0) is 28.1. The smallest absolute Gasteiger partial charge is 0.266 e. The molecule has 2 aromatic heterocycles. The molecule has 0 saturated heterocycles. The van der Waals surface area contributed by atoms with E-state index in [2.05, 4.69) is 71.6 Å². The lowest BCUT2D eigenvalue weighted by atomic mass is 9.88. The van der Waals surface area contributed by atoms with E-state index in [0.29, 0.717) is 29.9 Å². The number of H-pyrrole nitrogens is 1. The van der Waals surface area contributed by atoms with E-state index in [1.807, 2.05) is 49.5 Å². The van der Waals surface area contributed by atoms with Gasteiger partial charge in [0.25, 0.3) is 5.89 Å². The number of benzene rings is 3. The first-order valence-electron chi connectivity index (χ1n) is 14.0. The van der Waals surface area contributed by atoms with Crippen molar-refractivity contribution < 1.29 is 14.0 Å². The molecular formula is C34H35N3O3. The van der Waals surface area contributed by atoms with Crippen molar-refractivity contribution in [3.8, 4) is 22.4 Å². The third kappa shape index (κ3) is 6.07. The van der Waals surface area contributed by atoms with Gasteiger partial charge in [0.1, 0.15) is 5.52 Å². The molecule has 2 unspecified atom stereocenters. The number of ketones is 1. The molecular weight excluding hydrogens is 498 g/mol. The zero-order valence-corrected chi connectivity index (χ0v) is 23.2. The highest BCUT2D eigenvalue weighted by Crippen LogP contribution is 2.29. The van der Waals surface area contributed by atoms with E-state index < -0.39 is 6.04 Å². The maximum absolute atomic E-state index is 13.7. The number of Topliss-reactive ketones (excluding diaryl/α,β-unsaturated/α-hetero) is 1. The third-order valence-corrected chi connectivity index (χ3v) is 7.18. The molecule has 2 N–H and O–H groups in total. The van der Waals surface area contributed by atoms with Crippen molar-refractivity contribution in [2.45, 2.75) is 52.0 Å². The summed E-state index contributed by atoms with van der Waals surface area (Å²) >= 11 is 0. The molecule has 6 heteroatoms. The minimum atomic E-state index is -0.697. The number of hydrogen-bond donors (Lipinski definition) is 2. The Morgan fingerprint density at radius 2 is 1.55 bits per heavy atom. The first-order chi connectivity index (χ1) is 19.4. The van der Waals surface area contributed by atoms with Crippen molar-refractivity contribution >= 4 is 22.8 Å². The second-order valence-corrected chi connectivity index (χ2v) is 10.7. The number of hydrogen-bond acceptors (Lipinski definition) is 4. The lowest BCUT2D eigenvalue weighted by Crippen LogP contribution is -2.43. The Balaban J connectivity index is 1.34. The lowest BCUT2D eigenvalue weighted by molar-refractivity contribution is -0.123. The van der Waals surface area contributed by atoms with Crippen LogP contribution in [0.2, 0.25) is 0 Å². The number of aromatic amines is 1. The standard InChI is InChI=1S/C34H35N3O3/c1-4-8-30(32(38)34-37-29-9-5-6-11-31(29)40-34)36-33(39)27(21-22(2)3)25-16-12-23(13-17-25)24-14-18-26(19-15-24)28-10-7-20-35-28/h5-7,9-20,22,27,30,35H,4,8,21H2,1-3H3,(H,36,39). The van der Waals surface area contributed by atoms with Gasteiger partial charge in [-0.05, 0) is 65.3 Å². The minimum Gasteiger partial charge on any atom is -0.434 e. The highest BCUT2D eigenvalue weighted by molar-refractivity contribution is 6.00. The highest BCUT2D eigenvalue weighted by Gasteiger charge is 2.30. The molecule has 0 spiro atoms. The van der Waals surface area contributed by atoms with Crippen molar-refractivity contribution in [2.75, 3.05) is 0 Å². The Morgan fingerprint density at radius 3 is 2.17 bits per heavy atom. The number of nitrogens with zero attached hydrogens (tertiary/aromatic N) is 1. The van der Waals surface area contributed by atoms with Crippen LogP contribution in [0.1, 0.15) is 62.2 Å². The van der Waals surface area contributed by atoms with Crippen LogP contribution in [0.4, 0.5) is 0 Å². The maximum Gasteiger partial charge on any atom is 0.266 e. The summed E-state index contributed by atoms with van der Waals surface area (Å²) in [6.45, 7) is 6.20. The van der Waals surface area contributed by atoms with Gasteiger partial charge in [0, 0.05) is 11.9 Å². The molecule has 0 saturated carbocycles. The number of nitrogens with one attached hydrogen (secondary N) is 2. The predicted molar refractivity (Wildman–Crippen MR) is 159 cm³/mol. The van der Waals surface area contributed by atoms with E-state index in [4.69, 9.17) is 4.42 Å². The van der Waals surface area contributed by atoms with Crippen LogP contribution in [0, 0.1) is 5.92 Å². The van der Waals surface area contributed by atoms with Crippen LogP contribution in [0.15, 0.2) is 95.5 Å². The maximum atomic E-state index is 13.7. The van der Waals surface area contributed by atoms with Crippen molar-refractivity contribution in [1.82, 2.24) is 15.3 Å². The molecule has 5 aromatic rings. The summed E-state index contributed by atoms with van der Waals surface area (Å²) in [6, 6.07) is 27.2. The molecule has 5 rings (SSSR count). The van der Waals surface area contributed by atoms with Crippen molar-refractivity contribution in [2.24, 2.45) is 5.92 Å². The number of para-hydroxylation sites is 2. The van der Waals surface area contributed by atoms with E-state index >= 15 is 0 Å². The number of fused-ring (bicyclic) bond motifs is 1. The van der Waals surface area contributed by atoms with Gasteiger partial charge in [0.15, 0.2) is 5.58 Å². The fraction of sp³-hybridized carbons (Fsp3) is 0.265. The molecule has 6 nitrogen and oxygen atoms in total. The van der Waals surface area contributed by atoms with Crippen LogP contribution in [-0.4, -0.2) is 27.7 Å². The largest absolute Gasteiger partial charge is 0.434 e. The quantitative estimate of drug-likeness (QED) is 0.170. The molecule has 3 aromatic carbocycles. The number of aromatic nitrogens is 2. The van der Waals surface area contributed by atoms with Crippen LogP contribution in [0.25, 0.3) is 33.5 Å². The van der Waals surface area contributed by atoms with Gasteiger partial charge in [-0.15, -0.1) is 0 Å². The van der Waals surface area contributed by atoms with Gasteiger partial charge in [-0.2, -0.15) is 0 Å². The average molecular weight is 534 g/mol. The van der Waals surface area contributed by atoms with E-state index in [-0.39, 0.29) is 23.5 Å². The molecule has 1 amide bonds. The van der Waals surface area contributed by atoms with E-state index in [9.17, 15) is 9.59 Å². The number of amides is 1. The Bertz CT molecular complexity index is 1530. The lowest BCUT2D eigenvalue weighted by Gasteiger charge is -2.23. The third-order valence-electron chi connectivity index (χ3n) is 7.18. The van der Waals surface area contributed by atoms with Gasteiger partial charge in [0.2, 0.25) is 11.7 Å². The van der Waals surface area contributed by atoms with E-state index in [1.54, 1.807) is 6.07 Å². The van der Waals surface area contributed by atoms with Crippen molar-refractivity contribution in [3.05, 3.63) is 103 Å². The van der Waals surface area contributed by atoms with Crippen LogP contribution in [0.5, 0.6) is 0 Å². The molecule has 0 aliphatic heterocycles. The first-order valence-corrected chi connectivity index (χ1v) is 14.0. The number of carbonyl (C=O) groups excluding carboxylic acids is 2. The average Bonchev–Trinajstić information content (AvgIpc) is 3.66. The first kappa shape index (κ1) is 27.1. The van der Waals surface area contributed by atoms with E-state index in [0.717, 1.165) is 34.4 Å². The Labute approximate surface area is 234 Å². The molecule has 0 radical (unpaired) electrons. The fourth-order valence-corrected chi connectivity index (χ4v) is 5.08. The summed E-state index contributed by atoms with van der Waals surface area (Å²) in [5.74, 6) is -0.493. The van der Waals surface area contributed by atoms with Crippen LogP contribution >= 0.6 is 0 Å². The number of carbonyl (C=O) groups is 2. The van der Waals surface area contributed by atoms with Gasteiger partial charge in [0.05, 0.1) is 12.0 Å². The summed E-state index contributed by atoms with van der Waals surface area (Å²) in [5.41, 5.74) is 6.53. The van der Waals surface area contributed by atoms with E-state index in [1.165, 1.54) is 0 Å². The predicted octanol–water partition coefficient (Wildman–Crippen LogP) is 7.79. The summed E-state index contributed by atoms with van der Waals surface area (Å²) in [7, 11) is 0. The summed E-state index contributed by atoms with van der Waals surface area (Å²) in [5, 5.41) is 3.04. The number of rotatable bonds is 11. The Hall–Kier alpha value is -4.45. The minimum absolute atomic E-state index is 0.0343. The monoisotopic (exact) mass is 533 g/mol. The van der Waals surface area contributed by atoms with Gasteiger partial charge >= 0.3 is 0 Å². The van der Waals surface area contributed by atoms with Gasteiger partial charge in [-0.25, -0.2) is 4.98 Å². The van der Waals surface area contributed by atoms with Crippen molar-refractivity contribution in [1.29, 1.82) is 0 Å². The second-order valence-electron chi connectivity index (χ2n) is 10.7. The normalized spacial score (nSPS) is 12.9. The van der Waals surface area contributed by atoms with Crippen LogP contribution < -0.4 is 5.32 Å². The van der Waals surface area contributed by atoms with Gasteiger partial charge in [-0.3, -0.25) is 9.59 Å². The van der Waals surface area contributed by atoms with Gasteiger partial charge in [-0.1, -0.05) is 87.9 Å². The number of oxazole rings is 1. The molecule has 2 atom stereocenters. The molecule has 2 heterocycles. The topological polar surface area (TPSA) is 88.0 Å². The molecule has 0 aliphatic rings. The second kappa shape index (κ2) is 12.2. The highest BCUT2D eigenvalue weighted by atomic mass is 16.4. The molecule has 40 heavy (non-hydrogen) atoms. The summed E-state index contributed by atoms with van der Waals surface area (Å²) < 4.78 is 5.72. The summed E-state index contributed by atoms with van der Waals surface area (Å²) in [4.78, 5) is 34.6. The Morgan fingerprint density at radius 1 is 0.875 bits per heavy atom. The SMILES string of the molecule is CCCC(NC(=O)C(CC(C)C)c1ccc(-c2ccc(-c3ccc[nH]3)cc2)cc1)C(=O)c1nc2ccccc2o1. The van der Waals surface area contributed by atoms with Crippen LogP contribution in [0.3, 0.4) is 0 Å². The molecule has 204 valence electrons. The van der Waals surface area contributed by atoms with Crippen LogP contribution in [-0.2, 0) is 4.79 Å². The van der Waals surface area contributed by atoms with Gasteiger partial charge < -0.3 is 14.7 Å². The Kier molecular flexibility index (Phi) is 8.25. The molecule has 0 fully saturated rings. The molecule has 0 bridgehead atoms. The zero-order valence-electron chi connectivity index (χ0n) is 23.2. The summed E-state index contributed by atoms with van der Waals surface area (Å²) in [6.07, 6.45) is 3.84. The fourth-order valence-electron chi connectivity index (χ4n) is 5.08. The van der Waals surface area contributed by atoms with Crippen molar-refractivity contribution in [3.63, 3.8) is 0 Å².